The molecular formula is C12H11CuN2P. The summed E-state index contributed by atoms with van der Waals surface area (Å²) in [5, 5.41) is 2.28. The van der Waals surface area contributed by atoms with Crippen molar-refractivity contribution in [1.82, 2.24) is 9.97 Å². The van der Waals surface area contributed by atoms with Crippen molar-refractivity contribution < 1.29 is 17.1 Å². The van der Waals surface area contributed by atoms with E-state index in [0.29, 0.717) is 0 Å². The Bertz CT molecular complexity index is 558. The van der Waals surface area contributed by atoms with Gasteiger partial charge in [0, 0.05) is 40.2 Å². The molecule has 4 heteroatoms. The molecule has 3 rings (SSSR count). The van der Waals surface area contributed by atoms with Gasteiger partial charge in [0.2, 0.25) is 0 Å². The SMILES string of the molecule is P.[Cu].c1cnc2c(c1)ccc1ncccc12. The maximum absolute atomic E-state index is 4.37. The second kappa shape index (κ2) is 5.36. The zero-order chi connectivity index (χ0) is 9.38. The Morgan fingerprint density at radius 1 is 0.812 bits per heavy atom. The number of fused-ring (bicyclic) bond motifs is 3. The fourth-order valence-electron chi connectivity index (χ4n) is 1.70. The molecule has 1 atom stereocenters. The van der Waals surface area contributed by atoms with Gasteiger partial charge in [0.1, 0.15) is 0 Å². The molecule has 16 heavy (non-hydrogen) atoms. The molecule has 0 aliphatic rings. The molecule has 1 radical (unpaired) electrons. The van der Waals surface area contributed by atoms with Gasteiger partial charge in [0.15, 0.2) is 0 Å². The maximum atomic E-state index is 4.37. The zero-order valence-electron chi connectivity index (χ0n) is 8.52. The number of pyridine rings is 2. The van der Waals surface area contributed by atoms with Gasteiger partial charge in [-0.1, -0.05) is 12.1 Å². The van der Waals surface area contributed by atoms with Crippen LogP contribution < -0.4 is 0 Å². The minimum Gasteiger partial charge on any atom is -0.256 e. The minimum absolute atomic E-state index is 0. The molecule has 85 valence electrons. The van der Waals surface area contributed by atoms with E-state index in [1.54, 1.807) is 6.20 Å². The van der Waals surface area contributed by atoms with Crippen molar-refractivity contribution >= 4 is 31.7 Å². The van der Waals surface area contributed by atoms with Crippen molar-refractivity contribution in [2.45, 2.75) is 0 Å². The molecule has 1 aromatic carbocycles. The molecule has 0 amide bonds. The summed E-state index contributed by atoms with van der Waals surface area (Å²) in [5.41, 5.74) is 2.02. The Balaban J connectivity index is 0.000000640. The maximum Gasteiger partial charge on any atom is 0.0795 e. The van der Waals surface area contributed by atoms with Gasteiger partial charge in [0.25, 0.3) is 0 Å². The van der Waals surface area contributed by atoms with E-state index >= 15 is 0 Å². The van der Waals surface area contributed by atoms with Crippen LogP contribution in [0.3, 0.4) is 0 Å². The van der Waals surface area contributed by atoms with E-state index in [1.807, 2.05) is 24.4 Å². The third kappa shape index (κ3) is 2.08. The predicted molar refractivity (Wildman–Crippen MR) is 68.1 cm³/mol. The molecule has 0 saturated carbocycles. The van der Waals surface area contributed by atoms with Crippen molar-refractivity contribution in [3.63, 3.8) is 0 Å². The first-order valence-corrected chi connectivity index (χ1v) is 4.53. The fraction of sp³-hybridized carbons (Fsp3) is 0. The van der Waals surface area contributed by atoms with Gasteiger partial charge in [-0.05, 0) is 24.3 Å². The van der Waals surface area contributed by atoms with Crippen LogP contribution >= 0.6 is 9.90 Å². The van der Waals surface area contributed by atoms with E-state index < -0.39 is 0 Å². The summed E-state index contributed by atoms with van der Waals surface area (Å²) < 4.78 is 0. The van der Waals surface area contributed by atoms with Crippen LogP contribution in [-0.2, 0) is 17.1 Å². The van der Waals surface area contributed by atoms with Crippen LogP contribution in [0.2, 0.25) is 0 Å². The molecule has 3 aromatic rings. The molecule has 1 unspecified atom stereocenters. The standard InChI is InChI=1S/C12H8N2.Cu.H3P/c1-3-9-5-6-11-10(4-2-7-13-11)12(9)14-8-1;;/h1-8H;;1H3. The Kier molecular flexibility index (Phi) is 4.37. The summed E-state index contributed by atoms with van der Waals surface area (Å²) in [5.74, 6) is 0. The van der Waals surface area contributed by atoms with Gasteiger partial charge in [0.05, 0.1) is 11.0 Å². The molecule has 0 fully saturated rings. The third-order valence-electron chi connectivity index (χ3n) is 2.35. The van der Waals surface area contributed by atoms with Crippen LogP contribution in [0.5, 0.6) is 0 Å². The van der Waals surface area contributed by atoms with Crippen molar-refractivity contribution in [2.75, 3.05) is 0 Å². The number of rotatable bonds is 0. The summed E-state index contributed by atoms with van der Waals surface area (Å²) in [6.45, 7) is 0. The molecule has 0 spiro atoms. The second-order valence-electron chi connectivity index (χ2n) is 3.21. The number of nitrogens with zero attached hydrogens (tertiary/aromatic N) is 2. The van der Waals surface area contributed by atoms with E-state index in [9.17, 15) is 0 Å². The smallest absolute Gasteiger partial charge is 0.0795 e. The molecule has 0 bridgehead atoms. The number of benzene rings is 1. The first kappa shape index (κ1) is 13.1. The van der Waals surface area contributed by atoms with Gasteiger partial charge >= 0.3 is 0 Å². The van der Waals surface area contributed by atoms with Crippen molar-refractivity contribution in [3.05, 3.63) is 48.8 Å². The van der Waals surface area contributed by atoms with E-state index in [-0.39, 0.29) is 27.0 Å². The average molecular weight is 278 g/mol. The van der Waals surface area contributed by atoms with E-state index in [2.05, 4.69) is 28.2 Å². The second-order valence-corrected chi connectivity index (χ2v) is 3.21. The molecule has 0 saturated heterocycles. The molecular weight excluding hydrogens is 267 g/mol. The molecule has 2 heterocycles. The minimum atomic E-state index is 0. The van der Waals surface area contributed by atoms with E-state index in [4.69, 9.17) is 0 Å². The van der Waals surface area contributed by atoms with Gasteiger partial charge in [-0.3, -0.25) is 9.97 Å². The third-order valence-corrected chi connectivity index (χ3v) is 2.35. The molecule has 0 N–H and O–H groups in total. The molecule has 0 aliphatic carbocycles. The number of aromatic nitrogens is 2. The van der Waals surface area contributed by atoms with Crippen LogP contribution in [0.4, 0.5) is 0 Å². The summed E-state index contributed by atoms with van der Waals surface area (Å²) in [4.78, 5) is 8.66. The number of hydrogen-bond donors (Lipinski definition) is 0. The van der Waals surface area contributed by atoms with Crippen molar-refractivity contribution in [2.24, 2.45) is 0 Å². The normalized spacial score (nSPS) is 9.50. The largest absolute Gasteiger partial charge is 0.256 e. The van der Waals surface area contributed by atoms with Crippen molar-refractivity contribution in [3.8, 4) is 0 Å². The summed E-state index contributed by atoms with van der Waals surface area (Å²) in [6.07, 6.45) is 3.62. The molecule has 2 nitrogen and oxygen atoms in total. The topological polar surface area (TPSA) is 25.8 Å². The summed E-state index contributed by atoms with van der Waals surface area (Å²) in [7, 11) is 0. The summed E-state index contributed by atoms with van der Waals surface area (Å²) in [6, 6.07) is 12.1. The van der Waals surface area contributed by atoms with Gasteiger partial charge in [-0.2, -0.15) is 9.90 Å². The Morgan fingerprint density at radius 2 is 1.56 bits per heavy atom. The van der Waals surface area contributed by atoms with Crippen molar-refractivity contribution in [1.29, 1.82) is 0 Å². The quantitative estimate of drug-likeness (QED) is 0.359. The Morgan fingerprint density at radius 3 is 2.44 bits per heavy atom. The fourth-order valence-corrected chi connectivity index (χ4v) is 1.70. The average Bonchev–Trinajstić information content (AvgIpc) is 2.29. The van der Waals surface area contributed by atoms with E-state index in [0.717, 1.165) is 21.8 Å². The van der Waals surface area contributed by atoms with Gasteiger partial charge < -0.3 is 0 Å². The monoisotopic (exact) mass is 277 g/mol. The van der Waals surface area contributed by atoms with Crippen LogP contribution in [0.15, 0.2) is 48.8 Å². The van der Waals surface area contributed by atoms with Gasteiger partial charge in [-0.15, -0.1) is 0 Å². The number of hydrogen-bond acceptors (Lipinski definition) is 2. The first-order valence-electron chi connectivity index (χ1n) is 4.53. The summed E-state index contributed by atoms with van der Waals surface area (Å²) >= 11 is 0. The van der Waals surface area contributed by atoms with Crippen LogP contribution in [0.25, 0.3) is 21.8 Å². The van der Waals surface area contributed by atoms with Crippen LogP contribution in [-0.4, -0.2) is 9.97 Å². The zero-order valence-corrected chi connectivity index (χ0v) is 10.9. The Labute approximate surface area is 108 Å². The van der Waals surface area contributed by atoms with Crippen LogP contribution in [0, 0.1) is 0 Å². The predicted octanol–water partition coefficient (Wildman–Crippen LogP) is 2.84. The first-order chi connectivity index (χ1) is 6.95. The van der Waals surface area contributed by atoms with Gasteiger partial charge in [-0.25, -0.2) is 0 Å². The van der Waals surface area contributed by atoms with Crippen LogP contribution in [0.1, 0.15) is 0 Å². The van der Waals surface area contributed by atoms with E-state index in [1.165, 1.54) is 0 Å². The Hall–Kier alpha value is -1.01. The molecule has 0 aliphatic heterocycles. The molecule has 2 aromatic heterocycles.